The number of benzene rings is 2. The lowest BCUT2D eigenvalue weighted by Gasteiger charge is -2.26. The molecule has 1 atom stereocenters. The lowest BCUT2D eigenvalue weighted by atomic mass is 10.0. The summed E-state index contributed by atoms with van der Waals surface area (Å²) in [6.45, 7) is 0. The molecule has 1 unspecified atom stereocenters. The van der Waals surface area contributed by atoms with E-state index in [-0.39, 0.29) is 11.9 Å². The van der Waals surface area contributed by atoms with E-state index in [1.807, 2.05) is 30.0 Å². The smallest absolute Gasteiger partial charge is 0.253 e. The zero-order valence-electron chi connectivity index (χ0n) is 11.3. The van der Waals surface area contributed by atoms with Gasteiger partial charge in [-0.25, -0.2) is 0 Å². The summed E-state index contributed by atoms with van der Waals surface area (Å²) in [5.74, 6) is 0.885. The van der Waals surface area contributed by atoms with Crippen LogP contribution in [-0.4, -0.2) is 11.7 Å². The third-order valence-electron chi connectivity index (χ3n) is 3.52. The SMILES string of the molecule is Nc1ccc(Br)cc1C(=O)NC1CCSc2ccccc21. The Morgan fingerprint density at radius 3 is 2.95 bits per heavy atom. The van der Waals surface area contributed by atoms with Gasteiger partial charge in [0.25, 0.3) is 5.91 Å². The van der Waals surface area contributed by atoms with Crippen molar-refractivity contribution in [2.75, 3.05) is 11.5 Å². The second-order valence-electron chi connectivity index (χ2n) is 4.93. The zero-order valence-corrected chi connectivity index (χ0v) is 13.7. The zero-order chi connectivity index (χ0) is 14.8. The Hall–Kier alpha value is -1.46. The second-order valence-corrected chi connectivity index (χ2v) is 6.99. The van der Waals surface area contributed by atoms with Crippen molar-refractivity contribution in [2.24, 2.45) is 0 Å². The van der Waals surface area contributed by atoms with Crippen molar-refractivity contribution >= 4 is 39.3 Å². The van der Waals surface area contributed by atoms with Crippen LogP contribution in [-0.2, 0) is 0 Å². The van der Waals surface area contributed by atoms with E-state index in [4.69, 9.17) is 5.73 Å². The number of carbonyl (C=O) groups is 1. The number of carbonyl (C=O) groups excluding carboxylic acids is 1. The van der Waals surface area contributed by atoms with Gasteiger partial charge in [0, 0.05) is 20.8 Å². The van der Waals surface area contributed by atoms with Crippen LogP contribution in [0.25, 0.3) is 0 Å². The lowest BCUT2D eigenvalue weighted by molar-refractivity contribution is 0.0936. The molecular weight excluding hydrogens is 348 g/mol. The van der Waals surface area contributed by atoms with Crippen molar-refractivity contribution in [1.29, 1.82) is 0 Å². The number of hydrogen-bond donors (Lipinski definition) is 2. The van der Waals surface area contributed by atoms with Crippen LogP contribution in [0.4, 0.5) is 5.69 Å². The maximum Gasteiger partial charge on any atom is 0.253 e. The maximum absolute atomic E-state index is 12.5. The fourth-order valence-electron chi connectivity index (χ4n) is 2.45. The fraction of sp³-hybridized carbons (Fsp3) is 0.188. The van der Waals surface area contributed by atoms with Crippen LogP contribution >= 0.6 is 27.7 Å². The molecule has 3 rings (SSSR count). The number of nitrogen functional groups attached to an aromatic ring is 1. The molecule has 1 aliphatic heterocycles. The molecule has 2 aromatic rings. The summed E-state index contributed by atoms with van der Waals surface area (Å²) >= 11 is 5.21. The van der Waals surface area contributed by atoms with Gasteiger partial charge in [0.05, 0.1) is 11.6 Å². The van der Waals surface area contributed by atoms with Gasteiger partial charge in [0.15, 0.2) is 0 Å². The molecule has 0 spiro atoms. The largest absolute Gasteiger partial charge is 0.398 e. The van der Waals surface area contributed by atoms with Gasteiger partial charge in [0.1, 0.15) is 0 Å². The predicted octanol–water partition coefficient (Wildman–Crippen LogP) is 4.00. The van der Waals surface area contributed by atoms with E-state index in [9.17, 15) is 4.79 Å². The molecule has 0 aliphatic carbocycles. The van der Waals surface area contributed by atoms with Gasteiger partial charge in [-0.2, -0.15) is 0 Å². The van der Waals surface area contributed by atoms with E-state index >= 15 is 0 Å². The van der Waals surface area contributed by atoms with Gasteiger partial charge in [-0.15, -0.1) is 11.8 Å². The Morgan fingerprint density at radius 1 is 1.29 bits per heavy atom. The predicted molar refractivity (Wildman–Crippen MR) is 90.5 cm³/mol. The molecule has 0 saturated carbocycles. The summed E-state index contributed by atoms with van der Waals surface area (Å²) in [5.41, 5.74) is 8.10. The molecule has 0 bridgehead atoms. The number of halogens is 1. The Kier molecular flexibility index (Phi) is 4.22. The van der Waals surface area contributed by atoms with Crippen molar-refractivity contribution < 1.29 is 4.79 Å². The van der Waals surface area contributed by atoms with Crippen molar-refractivity contribution in [2.45, 2.75) is 17.4 Å². The molecule has 3 nitrogen and oxygen atoms in total. The maximum atomic E-state index is 12.5. The molecule has 1 aliphatic rings. The highest BCUT2D eigenvalue weighted by atomic mass is 79.9. The van der Waals surface area contributed by atoms with Gasteiger partial charge in [-0.3, -0.25) is 4.79 Å². The van der Waals surface area contributed by atoms with E-state index in [0.29, 0.717) is 11.3 Å². The van der Waals surface area contributed by atoms with Crippen LogP contribution in [0.1, 0.15) is 28.4 Å². The number of hydrogen-bond acceptors (Lipinski definition) is 3. The van der Waals surface area contributed by atoms with Gasteiger partial charge >= 0.3 is 0 Å². The summed E-state index contributed by atoms with van der Waals surface area (Å²) in [4.78, 5) is 13.7. The van der Waals surface area contributed by atoms with E-state index in [1.54, 1.807) is 12.1 Å². The second kappa shape index (κ2) is 6.12. The highest BCUT2D eigenvalue weighted by molar-refractivity contribution is 9.10. The van der Waals surface area contributed by atoms with Crippen LogP contribution in [0.2, 0.25) is 0 Å². The monoisotopic (exact) mass is 362 g/mol. The van der Waals surface area contributed by atoms with E-state index in [2.05, 4.69) is 33.4 Å². The van der Waals surface area contributed by atoms with Gasteiger partial charge in [-0.05, 0) is 36.2 Å². The molecule has 1 amide bonds. The minimum absolute atomic E-state index is 0.0494. The van der Waals surface area contributed by atoms with Gasteiger partial charge in [-0.1, -0.05) is 34.1 Å². The Labute approximate surface area is 136 Å². The van der Waals surface area contributed by atoms with Crippen molar-refractivity contribution in [3.63, 3.8) is 0 Å². The summed E-state index contributed by atoms with van der Waals surface area (Å²) in [6.07, 6.45) is 0.932. The number of nitrogens with two attached hydrogens (primary N) is 1. The van der Waals surface area contributed by atoms with Crippen molar-refractivity contribution in [3.05, 3.63) is 58.1 Å². The number of anilines is 1. The molecule has 0 saturated heterocycles. The first-order valence-electron chi connectivity index (χ1n) is 6.73. The highest BCUT2D eigenvalue weighted by Crippen LogP contribution is 2.36. The number of thioether (sulfide) groups is 1. The van der Waals surface area contributed by atoms with Crippen LogP contribution in [0.3, 0.4) is 0 Å². The average molecular weight is 363 g/mol. The molecular formula is C16H15BrN2OS. The Bertz CT molecular complexity index is 690. The topological polar surface area (TPSA) is 55.1 Å². The molecule has 2 aromatic carbocycles. The third kappa shape index (κ3) is 3.09. The van der Waals surface area contributed by atoms with E-state index in [0.717, 1.165) is 16.6 Å². The molecule has 0 fully saturated rings. The van der Waals surface area contributed by atoms with E-state index in [1.165, 1.54) is 10.5 Å². The van der Waals surface area contributed by atoms with Crippen LogP contribution in [0.15, 0.2) is 51.8 Å². The lowest BCUT2D eigenvalue weighted by Crippen LogP contribution is -2.31. The number of rotatable bonds is 2. The molecule has 3 N–H and O–H groups in total. The van der Waals surface area contributed by atoms with Crippen LogP contribution < -0.4 is 11.1 Å². The number of fused-ring (bicyclic) bond motifs is 1. The first-order valence-corrected chi connectivity index (χ1v) is 8.50. The van der Waals surface area contributed by atoms with Crippen molar-refractivity contribution in [1.82, 2.24) is 5.32 Å². The normalized spacial score (nSPS) is 17.1. The minimum atomic E-state index is -0.125. The molecule has 0 aromatic heterocycles. The summed E-state index contributed by atoms with van der Waals surface area (Å²) in [7, 11) is 0. The molecule has 0 radical (unpaired) electrons. The van der Waals surface area contributed by atoms with E-state index < -0.39 is 0 Å². The Balaban J connectivity index is 1.84. The minimum Gasteiger partial charge on any atom is -0.398 e. The first-order chi connectivity index (χ1) is 10.1. The molecule has 5 heteroatoms. The number of amides is 1. The fourth-order valence-corrected chi connectivity index (χ4v) is 3.94. The third-order valence-corrected chi connectivity index (χ3v) is 5.14. The molecule has 108 valence electrons. The number of nitrogens with one attached hydrogen (secondary N) is 1. The standard InChI is InChI=1S/C16H15BrN2OS/c17-10-5-6-13(18)12(9-10)16(20)19-14-7-8-21-15-4-2-1-3-11(14)15/h1-6,9,14H,7-8,18H2,(H,19,20). The Morgan fingerprint density at radius 2 is 2.10 bits per heavy atom. The van der Waals surface area contributed by atoms with Crippen LogP contribution in [0.5, 0.6) is 0 Å². The van der Waals surface area contributed by atoms with Gasteiger partial charge in [0.2, 0.25) is 0 Å². The molecule has 21 heavy (non-hydrogen) atoms. The van der Waals surface area contributed by atoms with Gasteiger partial charge < -0.3 is 11.1 Å². The van der Waals surface area contributed by atoms with Crippen LogP contribution in [0, 0.1) is 0 Å². The van der Waals surface area contributed by atoms with Crippen molar-refractivity contribution in [3.8, 4) is 0 Å². The first kappa shape index (κ1) is 14.5. The molecule has 1 heterocycles. The summed E-state index contributed by atoms with van der Waals surface area (Å²) < 4.78 is 0.849. The summed E-state index contributed by atoms with van der Waals surface area (Å²) in [5, 5.41) is 3.11. The summed E-state index contributed by atoms with van der Waals surface area (Å²) in [6, 6.07) is 13.6. The quantitative estimate of drug-likeness (QED) is 0.793. The highest BCUT2D eigenvalue weighted by Gasteiger charge is 2.23. The average Bonchev–Trinajstić information content (AvgIpc) is 2.50.